The van der Waals surface area contributed by atoms with Gasteiger partial charge in [-0.05, 0) is 12.8 Å². The summed E-state index contributed by atoms with van der Waals surface area (Å²) >= 11 is 0. The molecule has 0 bridgehead atoms. The molecule has 0 saturated carbocycles. The van der Waals surface area contributed by atoms with Crippen molar-refractivity contribution in [1.82, 2.24) is 0 Å². The fourth-order valence-corrected chi connectivity index (χ4v) is 0.906. The van der Waals surface area contributed by atoms with Crippen LogP contribution in [-0.2, 0) is 9.59 Å². The van der Waals surface area contributed by atoms with Gasteiger partial charge in [0, 0.05) is 12.8 Å². The number of aliphatic carboxylic acids is 2. The molecule has 4 heteroatoms. The number of rotatable bonds is 7. The van der Waals surface area contributed by atoms with Crippen molar-refractivity contribution in [1.29, 1.82) is 0 Å². The maximum Gasteiger partial charge on any atom is 0.303 e. The SMILES string of the molecule is C=C.O=C(O)CCCCCCC(=O)O. The van der Waals surface area contributed by atoms with Crippen LogP contribution in [0.5, 0.6) is 0 Å². The third-order valence-electron chi connectivity index (χ3n) is 1.53. The molecule has 2 N–H and O–H groups in total. The van der Waals surface area contributed by atoms with Gasteiger partial charge in [0.25, 0.3) is 0 Å². The molecule has 0 fully saturated rings. The number of carbonyl (C=O) groups is 2. The molecule has 4 nitrogen and oxygen atoms in total. The van der Waals surface area contributed by atoms with Crippen molar-refractivity contribution in [2.75, 3.05) is 0 Å². The predicted molar refractivity (Wildman–Crippen MR) is 54.2 cm³/mol. The molecule has 0 aromatic rings. The molecular formula is C10H18O4. The van der Waals surface area contributed by atoms with Crippen LogP contribution in [0.15, 0.2) is 13.2 Å². The summed E-state index contributed by atoms with van der Waals surface area (Å²) < 4.78 is 0. The highest BCUT2D eigenvalue weighted by Crippen LogP contribution is 2.04. The van der Waals surface area contributed by atoms with E-state index in [-0.39, 0.29) is 12.8 Å². The fraction of sp³-hybridized carbons (Fsp3) is 0.600. The van der Waals surface area contributed by atoms with E-state index < -0.39 is 11.9 Å². The van der Waals surface area contributed by atoms with Crippen LogP contribution >= 0.6 is 0 Å². The van der Waals surface area contributed by atoms with Crippen molar-refractivity contribution in [3.8, 4) is 0 Å². The summed E-state index contributed by atoms with van der Waals surface area (Å²) in [5, 5.41) is 16.5. The molecule has 0 saturated heterocycles. The van der Waals surface area contributed by atoms with E-state index in [1.807, 2.05) is 0 Å². The zero-order chi connectivity index (χ0) is 11.4. The Morgan fingerprint density at radius 3 is 1.29 bits per heavy atom. The monoisotopic (exact) mass is 202 g/mol. The minimum absolute atomic E-state index is 0.188. The summed E-state index contributed by atoms with van der Waals surface area (Å²) in [7, 11) is 0. The summed E-state index contributed by atoms with van der Waals surface area (Å²) in [5.41, 5.74) is 0. The Bertz CT molecular complexity index is 148. The highest BCUT2D eigenvalue weighted by atomic mass is 16.4. The smallest absolute Gasteiger partial charge is 0.303 e. The summed E-state index contributed by atoms with van der Waals surface area (Å²) in [6, 6.07) is 0. The quantitative estimate of drug-likeness (QED) is 0.490. The van der Waals surface area contributed by atoms with Gasteiger partial charge < -0.3 is 10.2 Å². The van der Waals surface area contributed by atoms with Gasteiger partial charge >= 0.3 is 11.9 Å². The van der Waals surface area contributed by atoms with Crippen LogP contribution in [-0.4, -0.2) is 22.2 Å². The van der Waals surface area contributed by atoms with Crippen LogP contribution in [0.4, 0.5) is 0 Å². The molecule has 0 aliphatic rings. The Balaban J connectivity index is 0. The Morgan fingerprint density at radius 2 is 1.07 bits per heavy atom. The van der Waals surface area contributed by atoms with E-state index >= 15 is 0 Å². The van der Waals surface area contributed by atoms with Crippen LogP contribution in [0.1, 0.15) is 38.5 Å². The fourth-order valence-electron chi connectivity index (χ4n) is 0.906. The lowest BCUT2D eigenvalue weighted by molar-refractivity contribution is -0.138. The lowest BCUT2D eigenvalue weighted by atomic mass is 10.1. The van der Waals surface area contributed by atoms with E-state index in [1.54, 1.807) is 0 Å². The van der Waals surface area contributed by atoms with Gasteiger partial charge in [-0.1, -0.05) is 12.8 Å². The minimum Gasteiger partial charge on any atom is -0.481 e. The zero-order valence-electron chi connectivity index (χ0n) is 8.37. The first-order valence-corrected chi connectivity index (χ1v) is 4.56. The third kappa shape index (κ3) is 17.0. The van der Waals surface area contributed by atoms with Crippen molar-refractivity contribution >= 4 is 11.9 Å². The van der Waals surface area contributed by atoms with Crippen molar-refractivity contribution in [3.63, 3.8) is 0 Å². The molecular weight excluding hydrogens is 184 g/mol. The zero-order valence-corrected chi connectivity index (χ0v) is 8.37. The number of carboxylic acid groups (broad SMARTS) is 2. The molecule has 0 amide bonds. The van der Waals surface area contributed by atoms with Crippen LogP contribution < -0.4 is 0 Å². The molecule has 0 aliphatic heterocycles. The second-order valence-corrected chi connectivity index (χ2v) is 2.70. The number of hydrogen-bond donors (Lipinski definition) is 2. The van der Waals surface area contributed by atoms with Gasteiger partial charge in [-0.3, -0.25) is 9.59 Å². The lowest BCUT2D eigenvalue weighted by Crippen LogP contribution is -1.95. The topological polar surface area (TPSA) is 74.6 Å². The normalized spacial score (nSPS) is 8.57. The van der Waals surface area contributed by atoms with Gasteiger partial charge in [0.1, 0.15) is 0 Å². The van der Waals surface area contributed by atoms with Crippen LogP contribution in [0.3, 0.4) is 0 Å². The molecule has 14 heavy (non-hydrogen) atoms. The highest BCUT2D eigenvalue weighted by Gasteiger charge is 1.98. The molecule has 82 valence electrons. The summed E-state index contributed by atoms with van der Waals surface area (Å²) in [5.74, 6) is -1.57. The maximum atomic E-state index is 10.0. The molecule has 0 heterocycles. The Kier molecular flexibility index (Phi) is 12.7. The third-order valence-corrected chi connectivity index (χ3v) is 1.53. The molecule has 0 aromatic carbocycles. The van der Waals surface area contributed by atoms with Crippen LogP contribution in [0.2, 0.25) is 0 Å². The van der Waals surface area contributed by atoms with Crippen LogP contribution in [0.25, 0.3) is 0 Å². The Hall–Kier alpha value is -1.32. The minimum atomic E-state index is -0.784. The molecule has 0 rings (SSSR count). The second-order valence-electron chi connectivity index (χ2n) is 2.70. The largest absolute Gasteiger partial charge is 0.481 e. The predicted octanol–water partition coefficient (Wildman–Crippen LogP) is 2.30. The Labute approximate surface area is 84.3 Å². The van der Waals surface area contributed by atoms with E-state index in [2.05, 4.69) is 13.2 Å². The molecule has 0 radical (unpaired) electrons. The standard InChI is InChI=1S/C8H14O4.C2H4/c9-7(10)5-3-1-2-4-6-8(11)12;1-2/h1-6H2,(H,9,10)(H,11,12);1-2H2. The lowest BCUT2D eigenvalue weighted by Gasteiger charge is -1.96. The highest BCUT2D eigenvalue weighted by molar-refractivity contribution is 5.66. The number of unbranched alkanes of at least 4 members (excludes halogenated alkanes) is 3. The van der Waals surface area contributed by atoms with Gasteiger partial charge in [0.15, 0.2) is 0 Å². The van der Waals surface area contributed by atoms with Crippen molar-refractivity contribution in [2.24, 2.45) is 0 Å². The molecule has 0 unspecified atom stereocenters. The van der Waals surface area contributed by atoms with Gasteiger partial charge in [-0.15, -0.1) is 13.2 Å². The Morgan fingerprint density at radius 1 is 0.786 bits per heavy atom. The average molecular weight is 202 g/mol. The van der Waals surface area contributed by atoms with Crippen molar-refractivity contribution < 1.29 is 19.8 Å². The van der Waals surface area contributed by atoms with Gasteiger partial charge in [0.2, 0.25) is 0 Å². The van der Waals surface area contributed by atoms with E-state index in [0.29, 0.717) is 12.8 Å². The average Bonchev–Trinajstić information content (AvgIpc) is 2.13. The second kappa shape index (κ2) is 11.7. The van der Waals surface area contributed by atoms with Crippen molar-refractivity contribution in [3.05, 3.63) is 13.2 Å². The van der Waals surface area contributed by atoms with E-state index in [9.17, 15) is 9.59 Å². The first-order valence-electron chi connectivity index (χ1n) is 4.56. The van der Waals surface area contributed by atoms with E-state index in [1.165, 1.54) is 0 Å². The van der Waals surface area contributed by atoms with E-state index in [4.69, 9.17) is 10.2 Å². The summed E-state index contributed by atoms with van der Waals surface area (Å²) in [6.45, 7) is 6.00. The molecule has 0 spiro atoms. The van der Waals surface area contributed by atoms with Crippen LogP contribution in [0, 0.1) is 0 Å². The first-order chi connectivity index (χ1) is 6.63. The number of hydrogen-bond acceptors (Lipinski definition) is 2. The number of carboxylic acids is 2. The molecule has 0 aromatic heterocycles. The van der Waals surface area contributed by atoms with Gasteiger partial charge in [0.05, 0.1) is 0 Å². The van der Waals surface area contributed by atoms with Gasteiger partial charge in [-0.25, -0.2) is 0 Å². The van der Waals surface area contributed by atoms with Crippen molar-refractivity contribution in [2.45, 2.75) is 38.5 Å². The summed E-state index contributed by atoms with van der Waals surface area (Å²) in [6.07, 6.45) is 3.28. The van der Waals surface area contributed by atoms with Gasteiger partial charge in [-0.2, -0.15) is 0 Å². The molecule has 0 atom stereocenters. The summed E-state index contributed by atoms with van der Waals surface area (Å²) in [4.78, 5) is 20.1. The first kappa shape index (κ1) is 15.2. The maximum absolute atomic E-state index is 10.0. The molecule has 0 aliphatic carbocycles. The van der Waals surface area contributed by atoms with E-state index in [0.717, 1.165) is 12.8 Å².